The predicted molar refractivity (Wildman–Crippen MR) is 119 cm³/mol. The summed E-state index contributed by atoms with van der Waals surface area (Å²) in [6, 6.07) is 26.5. The highest BCUT2D eigenvalue weighted by Gasteiger charge is 2.09. The minimum atomic E-state index is -0.948. The van der Waals surface area contributed by atoms with Crippen LogP contribution in [0.5, 0.6) is 5.75 Å². The molecule has 0 aliphatic carbocycles. The van der Waals surface area contributed by atoms with Gasteiger partial charge in [0.15, 0.2) is 0 Å². The minimum Gasteiger partial charge on any atom is -0.507 e. The summed E-state index contributed by atoms with van der Waals surface area (Å²) in [5.41, 5.74) is 4.01. The van der Waals surface area contributed by atoms with E-state index in [-0.39, 0.29) is 11.3 Å². The lowest BCUT2D eigenvalue weighted by Gasteiger charge is -2.09. The maximum absolute atomic E-state index is 11.0. The maximum atomic E-state index is 11.0. The van der Waals surface area contributed by atoms with Crippen molar-refractivity contribution < 1.29 is 15.0 Å². The van der Waals surface area contributed by atoms with E-state index in [0.29, 0.717) is 12.8 Å². The smallest absolute Gasteiger partial charge is 0.335 e. The zero-order valence-electron chi connectivity index (χ0n) is 16.3. The molecule has 0 aliphatic rings. The Balaban J connectivity index is 1.59. The van der Waals surface area contributed by atoms with E-state index in [1.807, 2.05) is 48.5 Å². The highest BCUT2D eigenvalue weighted by Crippen LogP contribution is 2.31. The van der Waals surface area contributed by atoms with Crippen molar-refractivity contribution >= 4 is 16.7 Å². The largest absolute Gasteiger partial charge is 0.507 e. The van der Waals surface area contributed by atoms with Gasteiger partial charge in [-0.3, -0.25) is 0 Å². The van der Waals surface area contributed by atoms with Gasteiger partial charge in [-0.1, -0.05) is 72.5 Å². The van der Waals surface area contributed by atoms with Crippen molar-refractivity contribution in [2.45, 2.75) is 12.8 Å². The molecule has 0 radical (unpaired) electrons. The SMILES string of the molecule is O=C(O)c1ccc(Cc2ccc3ccc(C#CCc4ccccc4)cc3c2O)cc1. The van der Waals surface area contributed by atoms with E-state index in [1.165, 1.54) is 5.56 Å². The lowest BCUT2D eigenvalue weighted by atomic mass is 9.98. The third-order valence-electron chi connectivity index (χ3n) is 5.04. The normalized spacial score (nSPS) is 10.4. The molecule has 0 bridgehead atoms. The molecular formula is C27H20O3. The number of carboxylic acids is 1. The summed E-state index contributed by atoms with van der Waals surface area (Å²) < 4.78 is 0. The van der Waals surface area contributed by atoms with Gasteiger partial charge in [0.2, 0.25) is 0 Å². The molecule has 0 saturated heterocycles. The Bertz CT molecular complexity index is 1260. The van der Waals surface area contributed by atoms with Gasteiger partial charge in [-0.25, -0.2) is 4.79 Å². The van der Waals surface area contributed by atoms with Crippen molar-refractivity contribution in [2.75, 3.05) is 0 Å². The lowest BCUT2D eigenvalue weighted by molar-refractivity contribution is 0.0697. The second kappa shape index (κ2) is 8.55. The number of fused-ring (bicyclic) bond motifs is 1. The van der Waals surface area contributed by atoms with Crippen LogP contribution in [0.1, 0.15) is 32.6 Å². The molecular weight excluding hydrogens is 372 g/mol. The van der Waals surface area contributed by atoms with Crippen molar-refractivity contribution in [2.24, 2.45) is 0 Å². The van der Waals surface area contributed by atoms with Crippen molar-refractivity contribution in [1.82, 2.24) is 0 Å². The van der Waals surface area contributed by atoms with Crippen molar-refractivity contribution in [3.05, 3.63) is 113 Å². The first-order valence-corrected chi connectivity index (χ1v) is 9.70. The summed E-state index contributed by atoms with van der Waals surface area (Å²) in [6.45, 7) is 0. The molecule has 3 heteroatoms. The molecule has 0 heterocycles. The van der Waals surface area contributed by atoms with Gasteiger partial charge in [-0.15, -0.1) is 0 Å². The molecule has 0 fully saturated rings. The number of aromatic hydroxyl groups is 1. The Morgan fingerprint density at radius 3 is 2.30 bits per heavy atom. The van der Waals surface area contributed by atoms with Gasteiger partial charge >= 0.3 is 5.97 Å². The van der Waals surface area contributed by atoms with Crippen molar-refractivity contribution in [3.8, 4) is 17.6 Å². The summed E-state index contributed by atoms with van der Waals surface area (Å²) in [7, 11) is 0. The Kier molecular flexibility index (Phi) is 5.50. The maximum Gasteiger partial charge on any atom is 0.335 e. The number of phenols is 1. The van der Waals surface area contributed by atoms with Crippen molar-refractivity contribution in [1.29, 1.82) is 0 Å². The van der Waals surface area contributed by atoms with E-state index in [2.05, 4.69) is 24.0 Å². The molecule has 0 aromatic heterocycles. The van der Waals surface area contributed by atoms with Gasteiger partial charge in [-0.2, -0.15) is 0 Å². The van der Waals surface area contributed by atoms with Gasteiger partial charge in [0.1, 0.15) is 5.75 Å². The van der Waals surface area contributed by atoms with Gasteiger partial charge in [0, 0.05) is 23.8 Å². The number of phenolic OH excluding ortho intramolecular Hbond substituents is 1. The highest BCUT2D eigenvalue weighted by molar-refractivity contribution is 5.90. The molecule has 0 amide bonds. The monoisotopic (exact) mass is 392 g/mol. The van der Waals surface area contributed by atoms with Gasteiger partial charge in [0.05, 0.1) is 5.56 Å². The summed E-state index contributed by atoms with van der Waals surface area (Å²) in [4.78, 5) is 11.0. The third-order valence-corrected chi connectivity index (χ3v) is 5.04. The van der Waals surface area contributed by atoms with E-state index in [0.717, 1.165) is 27.5 Å². The van der Waals surface area contributed by atoms with Crippen LogP contribution in [0.3, 0.4) is 0 Å². The molecule has 0 saturated carbocycles. The minimum absolute atomic E-state index is 0.238. The summed E-state index contributed by atoms with van der Waals surface area (Å²) in [5, 5.41) is 21.6. The Morgan fingerprint density at radius 2 is 1.57 bits per heavy atom. The summed E-state index contributed by atoms with van der Waals surface area (Å²) in [6.07, 6.45) is 1.20. The Morgan fingerprint density at radius 1 is 0.833 bits per heavy atom. The molecule has 2 N–H and O–H groups in total. The van der Waals surface area contributed by atoms with E-state index in [9.17, 15) is 9.90 Å². The molecule has 4 rings (SSSR count). The van der Waals surface area contributed by atoms with Crippen LogP contribution in [0.4, 0.5) is 0 Å². The quantitative estimate of drug-likeness (QED) is 0.456. The van der Waals surface area contributed by atoms with Crippen LogP contribution in [0, 0.1) is 11.8 Å². The number of carbonyl (C=O) groups is 1. The fourth-order valence-corrected chi connectivity index (χ4v) is 3.40. The standard InChI is InChI=1S/C27H20O3/c28-26-24(17-21-10-13-23(14-11-21)27(29)30)16-15-22-12-9-20(18-25(22)26)8-4-7-19-5-2-1-3-6-19/h1-3,5-6,9-16,18,28H,7,17H2,(H,29,30). The second-order valence-corrected chi connectivity index (χ2v) is 7.15. The van der Waals surface area contributed by atoms with Crippen molar-refractivity contribution in [3.63, 3.8) is 0 Å². The molecule has 0 atom stereocenters. The molecule has 3 nitrogen and oxygen atoms in total. The summed E-state index contributed by atoms with van der Waals surface area (Å²) >= 11 is 0. The average Bonchev–Trinajstić information content (AvgIpc) is 2.77. The molecule has 4 aromatic rings. The first-order valence-electron chi connectivity index (χ1n) is 9.70. The van der Waals surface area contributed by atoms with Crippen LogP contribution >= 0.6 is 0 Å². The number of aromatic carboxylic acids is 1. The van der Waals surface area contributed by atoms with Crippen LogP contribution in [-0.2, 0) is 12.8 Å². The van der Waals surface area contributed by atoms with Gasteiger partial charge in [0.25, 0.3) is 0 Å². The molecule has 0 spiro atoms. The van der Waals surface area contributed by atoms with Gasteiger partial charge < -0.3 is 10.2 Å². The molecule has 0 aliphatic heterocycles. The van der Waals surface area contributed by atoms with Crippen LogP contribution in [0.2, 0.25) is 0 Å². The zero-order chi connectivity index (χ0) is 20.9. The number of rotatable bonds is 4. The summed E-state index contributed by atoms with van der Waals surface area (Å²) in [5.74, 6) is 5.66. The molecule has 146 valence electrons. The highest BCUT2D eigenvalue weighted by atomic mass is 16.4. The second-order valence-electron chi connectivity index (χ2n) is 7.15. The van der Waals surface area contributed by atoms with Crippen LogP contribution in [-0.4, -0.2) is 16.2 Å². The first-order chi connectivity index (χ1) is 14.6. The predicted octanol–water partition coefficient (Wildman–Crippen LogP) is 5.43. The number of hydrogen-bond acceptors (Lipinski definition) is 2. The Hall–Kier alpha value is -4.03. The zero-order valence-corrected chi connectivity index (χ0v) is 16.3. The average molecular weight is 392 g/mol. The van der Waals surface area contributed by atoms with E-state index < -0.39 is 5.97 Å². The molecule has 4 aromatic carbocycles. The van der Waals surface area contributed by atoms with Gasteiger partial charge in [-0.05, 0) is 46.3 Å². The first kappa shape index (κ1) is 19.3. The van der Waals surface area contributed by atoms with E-state index in [1.54, 1.807) is 24.3 Å². The van der Waals surface area contributed by atoms with Crippen LogP contribution in [0.15, 0.2) is 84.9 Å². The van der Waals surface area contributed by atoms with Crippen LogP contribution in [0.25, 0.3) is 10.8 Å². The topological polar surface area (TPSA) is 57.5 Å². The third kappa shape index (κ3) is 4.34. The molecule has 30 heavy (non-hydrogen) atoms. The van der Waals surface area contributed by atoms with E-state index >= 15 is 0 Å². The number of benzene rings is 4. The fraction of sp³-hybridized carbons (Fsp3) is 0.0741. The van der Waals surface area contributed by atoms with E-state index in [4.69, 9.17) is 5.11 Å². The Labute approximate surface area is 175 Å². The number of hydrogen-bond donors (Lipinski definition) is 2. The fourth-order valence-electron chi connectivity index (χ4n) is 3.40. The number of carboxylic acid groups (broad SMARTS) is 1. The van der Waals surface area contributed by atoms with Crippen LogP contribution < -0.4 is 0 Å². The lowest BCUT2D eigenvalue weighted by Crippen LogP contribution is -1.96. The molecule has 0 unspecified atom stereocenters.